The molecule has 2 rings (SSSR count). The van der Waals surface area contributed by atoms with E-state index < -0.39 is 0 Å². The minimum atomic E-state index is 0.0220. The number of hydrogen-bond donors (Lipinski definition) is 0. The minimum absolute atomic E-state index is 0.0220. The largest absolute Gasteiger partial charge is 0.289 e. The van der Waals surface area contributed by atoms with Crippen LogP contribution in [-0.4, -0.2) is 5.78 Å². The quantitative estimate of drug-likeness (QED) is 0.739. The summed E-state index contributed by atoms with van der Waals surface area (Å²) in [6.07, 6.45) is 0. The Morgan fingerprint density at radius 1 is 0.938 bits per heavy atom. The number of hydrogen-bond acceptors (Lipinski definition) is 1. The number of rotatable bonds is 2. The van der Waals surface area contributed by atoms with Crippen molar-refractivity contribution in [2.24, 2.45) is 0 Å². The zero-order chi connectivity index (χ0) is 11.5. The van der Waals surface area contributed by atoms with E-state index in [1.807, 2.05) is 48.5 Å². The summed E-state index contributed by atoms with van der Waals surface area (Å²) in [6, 6.07) is 14.8. The molecule has 0 aliphatic rings. The number of carbonyl (C=O) groups is 1. The van der Waals surface area contributed by atoms with Crippen molar-refractivity contribution in [2.75, 3.05) is 0 Å². The van der Waals surface area contributed by atoms with E-state index in [-0.39, 0.29) is 5.78 Å². The van der Waals surface area contributed by atoms with Crippen LogP contribution in [0.1, 0.15) is 15.9 Å². The van der Waals surface area contributed by atoms with Crippen LogP contribution in [0.4, 0.5) is 0 Å². The molecular weight excluding hydrogens is 332 g/mol. The highest BCUT2D eigenvalue weighted by molar-refractivity contribution is 9.11. The van der Waals surface area contributed by atoms with E-state index in [4.69, 9.17) is 0 Å². The Labute approximate surface area is 111 Å². The fourth-order valence-electron chi connectivity index (χ4n) is 1.42. The predicted molar refractivity (Wildman–Crippen MR) is 71.7 cm³/mol. The Morgan fingerprint density at radius 2 is 1.62 bits per heavy atom. The van der Waals surface area contributed by atoms with Gasteiger partial charge in [-0.2, -0.15) is 0 Å². The van der Waals surface area contributed by atoms with E-state index in [0.29, 0.717) is 11.1 Å². The fourth-order valence-corrected chi connectivity index (χ4v) is 2.20. The molecule has 16 heavy (non-hydrogen) atoms. The summed E-state index contributed by atoms with van der Waals surface area (Å²) in [6.45, 7) is 0. The lowest BCUT2D eigenvalue weighted by Gasteiger charge is -2.04. The van der Waals surface area contributed by atoms with Gasteiger partial charge in [0.1, 0.15) is 0 Å². The molecule has 0 heterocycles. The van der Waals surface area contributed by atoms with Crippen LogP contribution in [-0.2, 0) is 0 Å². The number of ketones is 1. The van der Waals surface area contributed by atoms with Crippen LogP contribution in [0.25, 0.3) is 0 Å². The van der Waals surface area contributed by atoms with Crippen molar-refractivity contribution < 1.29 is 4.79 Å². The van der Waals surface area contributed by atoms with Crippen LogP contribution in [0.2, 0.25) is 0 Å². The average Bonchev–Trinajstić information content (AvgIpc) is 2.32. The van der Waals surface area contributed by atoms with Gasteiger partial charge in [-0.3, -0.25) is 4.79 Å². The Morgan fingerprint density at radius 3 is 2.31 bits per heavy atom. The molecule has 0 fully saturated rings. The number of carbonyl (C=O) groups excluding carboxylic acids is 1. The van der Waals surface area contributed by atoms with Crippen LogP contribution in [0.3, 0.4) is 0 Å². The Balaban J connectivity index is 2.46. The maximum absolute atomic E-state index is 12.2. The number of benzene rings is 2. The van der Waals surface area contributed by atoms with Gasteiger partial charge < -0.3 is 0 Å². The fraction of sp³-hybridized carbons (Fsp3) is 0. The average molecular weight is 340 g/mol. The molecule has 0 aliphatic carbocycles. The zero-order valence-electron chi connectivity index (χ0n) is 8.28. The van der Waals surface area contributed by atoms with Crippen LogP contribution in [0.15, 0.2) is 57.5 Å². The third kappa shape index (κ3) is 2.42. The summed E-state index contributed by atoms with van der Waals surface area (Å²) in [5, 5.41) is 0. The van der Waals surface area contributed by atoms with Gasteiger partial charge in [0, 0.05) is 20.1 Å². The standard InChI is InChI=1S/C13H8Br2O/c14-10-6-7-12(15)11(8-10)13(16)9-4-2-1-3-5-9/h1-8H. The Hall–Kier alpha value is -0.930. The van der Waals surface area contributed by atoms with Crippen LogP contribution in [0.5, 0.6) is 0 Å². The molecule has 0 aromatic heterocycles. The maximum atomic E-state index is 12.2. The highest BCUT2D eigenvalue weighted by Crippen LogP contribution is 2.23. The molecule has 0 aliphatic heterocycles. The molecule has 0 amide bonds. The van der Waals surface area contributed by atoms with E-state index in [2.05, 4.69) is 31.9 Å². The van der Waals surface area contributed by atoms with Gasteiger partial charge in [-0.25, -0.2) is 0 Å². The molecule has 1 nitrogen and oxygen atoms in total. The first kappa shape index (κ1) is 11.6. The van der Waals surface area contributed by atoms with Crippen molar-refractivity contribution in [1.82, 2.24) is 0 Å². The first-order chi connectivity index (χ1) is 7.68. The highest BCUT2D eigenvalue weighted by Gasteiger charge is 2.12. The molecule has 0 spiro atoms. The van der Waals surface area contributed by atoms with E-state index in [0.717, 1.165) is 8.95 Å². The van der Waals surface area contributed by atoms with E-state index in [1.165, 1.54) is 0 Å². The van der Waals surface area contributed by atoms with Gasteiger partial charge in [0.15, 0.2) is 5.78 Å². The summed E-state index contributed by atoms with van der Waals surface area (Å²) < 4.78 is 1.71. The lowest BCUT2D eigenvalue weighted by molar-refractivity contribution is 0.103. The van der Waals surface area contributed by atoms with Crippen molar-refractivity contribution >= 4 is 37.6 Å². The second-order valence-corrected chi connectivity index (χ2v) is 5.09. The molecule has 0 saturated carbocycles. The SMILES string of the molecule is O=C(c1ccccc1)c1cc(Br)ccc1Br. The van der Waals surface area contributed by atoms with Crippen LogP contribution in [0, 0.1) is 0 Å². The molecule has 0 atom stereocenters. The molecule has 0 unspecified atom stereocenters. The van der Waals surface area contributed by atoms with Crippen molar-refractivity contribution in [3.05, 3.63) is 68.6 Å². The number of halogens is 2. The minimum Gasteiger partial charge on any atom is -0.289 e. The first-order valence-electron chi connectivity index (χ1n) is 4.73. The monoisotopic (exact) mass is 338 g/mol. The topological polar surface area (TPSA) is 17.1 Å². The van der Waals surface area contributed by atoms with Crippen molar-refractivity contribution in [1.29, 1.82) is 0 Å². The van der Waals surface area contributed by atoms with E-state index in [1.54, 1.807) is 0 Å². The van der Waals surface area contributed by atoms with E-state index in [9.17, 15) is 4.79 Å². The summed E-state index contributed by atoms with van der Waals surface area (Å²) in [5.74, 6) is 0.0220. The Kier molecular flexibility index (Phi) is 3.56. The molecule has 0 N–H and O–H groups in total. The third-order valence-corrected chi connectivity index (χ3v) is 3.39. The second-order valence-electron chi connectivity index (χ2n) is 3.32. The highest BCUT2D eigenvalue weighted by atomic mass is 79.9. The van der Waals surface area contributed by atoms with Crippen LogP contribution >= 0.6 is 31.9 Å². The van der Waals surface area contributed by atoms with Crippen LogP contribution < -0.4 is 0 Å². The van der Waals surface area contributed by atoms with Gasteiger partial charge in [0.2, 0.25) is 0 Å². The predicted octanol–water partition coefficient (Wildman–Crippen LogP) is 4.44. The molecule has 80 valence electrons. The van der Waals surface area contributed by atoms with Crippen molar-refractivity contribution in [2.45, 2.75) is 0 Å². The normalized spacial score (nSPS) is 10.1. The molecule has 2 aromatic carbocycles. The smallest absolute Gasteiger partial charge is 0.194 e. The van der Waals surface area contributed by atoms with Gasteiger partial charge in [-0.1, -0.05) is 62.2 Å². The van der Waals surface area contributed by atoms with Gasteiger partial charge in [0.25, 0.3) is 0 Å². The molecular formula is C13H8Br2O. The summed E-state index contributed by atoms with van der Waals surface area (Å²) in [7, 11) is 0. The van der Waals surface area contributed by atoms with Crippen molar-refractivity contribution in [3.8, 4) is 0 Å². The third-order valence-electron chi connectivity index (χ3n) is 2.21. The maximum Gasteiger partial charge on any atom is 0.194 e. The van der Waals surface area contributed by atoms with Gasteiger partial charge in [-0.05, 0) is 18.2 Å². The van der Waals surface area contributed by atoms with Gasteiger partial charge in [-0.15, -0.1) is 0 Å². The Bertz CT molecular complexity index is 521. The van der Waals surface area contributed by atoms with Gasteiger partial charge in [0.05, 0.1) is 0 Å². The molecule has 3 heteroatoms. The van der Waals surface area contributed by atoms with Gasteiger partial charge >= 0.3 is 0 Å². The van der Waals surface area contributed by atoms with E-state index >= 15 is 0 Å². The first-order valence-corrected chi connectivity index (χ1v) is 6.32. The summed E-state index contributed by atoms with van der Waals surface area (Å²) in [4.78, 5) is 12.2. The lowest BCUT2D eigenvalue weighted by Crippen LogP contribution is -2.01. The molecule has 0 saturated heterocycles. The lowest BCUT2D eigenvalue weighted by atomic mass is 10.0. The molecule has 0 bridgehead atoms. The summed E-state index contributed by atoms with van der Waals surface area (Å²) in [5.41, 5.74) is 1.36. The molecule has 2 aromatic rings. The summed E-state index contributed by atoms with van der Waals surface area (Å²) >= 11 is 6.75. The zero-order valence-corrected chi connectivity index (χ0v) is 11.5. The van der Waals surface area contributed by atoms with Crippen molar-refractivity contribution in [3.63, 3.8) is 0 Å². The molecule has 0 radical (unpaired) electrons. The second kappa shape index (κ2) is 4.93.